The predicted octanol–water partition coefficient (Wildman–Crippen LogP) is 3.26. The summed E-state index contributed by atoms with van der Waals surface area (Å²) in [6, 6.07) is 0. The van der Waals surface area contributed by atoms with Gasteiger partial charge in [0.2, 0.25) is 0 Å². The van der Waals surface area contributed by atoms with Crippen LogP contribution in [0.5, 0.6) is 0 Å². The fourth-order valence-electron chi connectivity index (χ4n) is 7.82. The first kappa shape index (κ1) is 14.9. The minimum atomic E-state index is -1.12. The van der Waals surface area contributed by atoms with Crippen LogP contribution >= 0.6 is 0 Å². The molecule has 0 amide bonds. The van der Waals surface area contributed by atoms with E-state index >= 15 is 0 Å². The number of allylic oxidation sites excluding steroid dienone is 2. The fourth-order valence-corrected chi connectivity index (χ4v) is 7.82. The van der Waals surface area contributed by atoms with Crippen molar-refractivity contribution in [3.63, 3.8) is 0 Å². The van der Waals surface area contributed by atoms with Crippen molar-refractivity contribution in [2.75, 3.05) is 13.2 Å². The van der Waals surface area contributed by atoms with Crippen molar-refractivity contribution in [2.45, 2.75) is 64.6 Å². The third-order valence-electron chi connectivity index (χ3n) is 9.03. The maximum absolute atomic E-state index is 11.0. The van der Waals surface area contributed by atoms with Crippen molar-refractivity contribution in [3.05, 3.63) is 12.2 Å². The fraction of sp³-hybridized carbons (Fsp3) is 0.900. The van der Waals surface area contributed by atoms with Crippen LogP contribution in [0.3, 0.4) is 0 Å². The van der Waals surface area contributed by atoms with Crippen molar-refractivity contribution in [3.8, 4) is 0 Å². The van der Waals surface area contributed by atoms with Crippen LogP contribution in [0, 0.1) is 33.5 Å². The van der Waals surface area contributed by atoms with Crippen molar-refractivity contribution >= 4 is 0 Å². The third kappa shape index (κ3) is 1.49. The van der Waals surface area contributed by atoms with E-state index in [4.69, 9.17) is 4.74 Å². The number of hydrogen-bond acceptors (Lipinski definition) is 3. The van der Waals surface area contributed by atoms with Gasteiger partial charge in [0.15, 0.2) is 5.79 Å². The summed E-state index contributed by atoms with van der Waals surface area (Å²) < 4.78 is 6.08. The first-order valence-electron chi connectivity index (χ1n) is 9.49. The van der Waals surface area contributed by atoms with Crippen molar-refractivity contribution in [1.82, 2.24) is 0 Å². The summed E-state index contributed by atoms with van der Waals surface area (Å²) in [4.78, 5) is 0. The SMILES string of the molecule is C[C@]12C=C[C@@]3(CC[C@@H]4[C@]5(CC[C@](O)(OC5)[C@]4(C)CO)[C@H]3CC1)C2. The van der Waals surface area contributed by atoms with E-state index in [0.29, 0.717) is 35.7 Å². The molecule has 23 heavy (non-hydrogen) atoms. The molecular weight excluding hydrogens is 288 g/mol. The Balaban J connectivity index is 1.62. The van der Waals surface area contributed by atoms with Crippen LogP contribution in [-0.4, -0.2) is 29.2 Å². The Kier molecular flexibility index (Phi) is 2.63. The Morgan fingerprint density at radius 3 is 2.52 bits per heavy atom. The molecule has 3 heteroatoms. The molecule has 2 heterocycles. The van der Waals surface area contributed by atoms with Crippen molar-refractivity contribution < 1.29 is 14.9 Å². The molecule has 5 fully saturated rings. The van der Waals surface area contributed by atoms with Crippen LogP contribution in [0.25, 0.3) is 0 Å². The van der Waals surface area contributed by atoms with Gasteiger partial charge in [-0.2, -0.15) is 0 Å². The van der Waals surface area contributed by atoms with Gasteiger partial charge in [-0.05, 0) is 61.2 Å². The monoisotopic (exact) mass is 318 g/mol. The van der Waals surface area contributed by atoms with E-state index in [0.717, 1.165) is 12.8 Å². The molecular formula is C20H30O3. The van der Waals surface area contributed by atoms with Gasteiger partial charge >= 0.3 is 0 Å². The van der Waals surface area contributed by atoms with Crippen molar-refractivity contribution in [2.24, 2.45) is 33.5 Å². The Bertz CT molecular complexity index is 575. The van der Waals surface area contributed by atoms with E-state index in [1.807, 2.05) is 0 Å². The van der Waals surface area contributed by atoms with Gasteiger partial charge in [-0.15, -0.1) is 0 Å². The Hall–Kier alpha value is -0.380. The number of rotatable bonds is 1. The van der Waals surface area contributed by atoms with Crippen LogP contribution in [0.15, 0.2) is 12.2 Å². The number of aliphatic hydroxyl groups is 2. The first-order valence-corrected chi connectivity index (χ1v) is 9.49. The van der Waals surface area contributed by atoms with E-state index in [-0.39, 0.29) is 12.0 Å². The van der Waals surface area contributed by atoms with Gasteiger partial charge in [0.25, 0.3) is 0 Å². The summed E-state index contributed by atoms with van der Waals surface area (Å²) >= 11 is 0. The molecule has 4 aliphatic carbocycles. The van der Waals surface area contributed by atoms with Gasteiger partial charge in [0.1, 0.15) is 0 Å². The number of hydrogen-bond donors (Lipinski definition) is 2. The van der Waals surface area contributed by atoms with Crippen LogP contribution < -0.4 is 0 Å². The van der Waals surface area contributed by atoms with Gasteiger partial charge in [0, 0.05) is 17.3 Å². The minimum Gasteiger partial charge on any atom is -0.396 e. The zero-order valence-corrected chi connectivity index (χ0v) is 14.5. The van der Waals surface area contributed by atoms with Crippen LogP contribution in [-0.2, 0) is 4.74 Å². The molecule has 128 valence electrons. The average molecular weight is 318 g/mol. The largest absolute Gasteiger partial charge is 0.396 e. The highest BCUT2D eigenvalue weighted by Crippen LogP contribution is 2.74. The van der Waals surface area contributed by atoms with E-state index in [1.165, 1.54) is 25.7 Å². The summed E-state index contributed by atoms with van der Waals surface area (Å²) in [6.45, 7) is 5.22. The zero-order chi connectivity index (χ0) is 16.1. The first-order chi connectivity index (χ1) is 10.8. The van der Waals surface area contributed by atoms with E-state index in [2.05, 4.69) is 26.0 Å². The van der Waals surface area contributed by atoms with Crippen LogP contribution in [0.4, 0.5) is 0 Å². The van der Waals surface area contributed by atoms with E-state index in [1.54, 1.807) is 0 Å². The molecule has 0 radical (unpaired) electrons. The molecule has 6 rings (SSSR count). The lowest BCUT2D eigenvalue weighted by Crippen LogP contribution is -2.73. The number of ether oxygens (including phenoxy) is 1. The standard InChI is InChI=1S/C20H30O3/c1-16-5-3-15-18(11-16,8-7-16)6-4-14-17(2,12-21)20(22)10-9-19(14,15)13-23-20/h7-8,14-15,21-22H,3-6,9-13H2,1-2H3/t14-,15-,16+,17+,18-,19+,20-/m0/s1. The molecule has 3 saturated carbocycles. The highest BCUT2D eigenvalue weighted by molar-refractivity contribution is 5.27. The molecule has 2 aliphatic heterocycles. The van der Waals surface area contributed by atoms with Gasteiger partial charge in [-0.3, -0.25) is 0 Å². The second kappa shape index (κ2) is 4.05. The molecule has 7 atom stereocenters. The lowest BCUT2D eigenvalue weighted by molar-refractivity contribution is -0.401. The van der Waals surface area contributed by atoms with Gasteiger partial charge in [-0.1, -0.05) is 26.0 Å². The van der Waals surface area contributed by atoms with Crippen LogP contribution in [0.2, 0.25) is 0 Å². The summed E-state index contributed by atoms with van der Waals surface area (Å²) in [5.41, 5.74) is 0.422. The topological polar surface area (TPSA) is 49.7 Å². The van der Waals surface area contributed by atoms with Crippen LogP contribution in [0.1, 0.15) is 58.8 Å². The van der Waals surface area contributed by atoms with E-state index < -0.39 is 11.2 Å². The lowest BCUT2D eigenvalue weighted by Gasteiger charge is -2.71. The Labute approximate surface area is 139 Å². The molecule has 0 aromatic carbocycles. The maximum atomic E-state index is 11.0. The summed E-state index contributed by atoms with van der Waals surface area (Å²) in [5, 5.41) is 21.2. The molecule has 0 unspecified atom stereocenters. The van der Waals surface area contributed by atoms with Gasteiger partial charge < -0.3 is 14.9 Å². The predicted molar refractivity (Wildman–Crippen MR) is 87.5 cm³/mol. The molecule has 6 aliphatic rings. The maximum Gasteiger partial charge on any atom is 0.173 e. The second-order valence-corrected chi connectivity index (χ2v) is 9.96. The molecule has 3 nitrogen and oxygen atoms in total. The number of fused-ring (bicyclic) bond motifs is 3. The molecule has 2 saturated heterocycles. The Morgan fingerprint density at radius 2 is 1.83 bits per heavy atom. The minimum absolute atomic E-state index is 0.0309. The normalized spacial score (nSPS) is 63.0. The van der Waals surface area contributed by atoms with E-state index in [9.17, 15) is 10.2 Å². The van der Waals surface area contributed by atoms with Gasteiger partial charge in [-0.25, -0.2) is 0 Å². The summed E-state index contributed by atoms with van der Waals surface area (Å²) in [7, 11) is 0. The molecule has 0 aromatic heterocycles. The molecule has 4 bridgehead atoms. The smallest absolute Gasteiger partial charge is 0.173 e. The zero-order valence-electron chi connectivity index (χ0n) is 14.5. The lowest BCUT2D eigenvalue weighted by atomic mass is 9.38. The summed E-state index contributed by atoms with van der Waals surface area (Å²) in [6.07, 6.45) is 13.0. The third-order valence-corrected chi connectivity index (χ3v) is 9.03. The quantitative estimate of drug-likeness (QED) is 0.730. The molecule has 2 N–H and O–H groups in total. The van der Waals surface area contributed by atoms with Crippen molar-refractivity contribution in [1.29, 1.82) is 0 Å². The summed E-state index contributed by atoms with van der Waals surface area (Å²) in [5.74, 6) is -0.0642. The highest BCUT2D eigenvalue weighted by atomic mass is 16.6. The average Bonchev–Trinajstić information content (AvgIpc) is 2.79. The second-order valence-electron chi connectivity index (χ2n) is 9.96. The number of aliphatic hydroxyl groups excluding tert-OH is 1. The molecule has 2 spiro atoms. The molecule has 0 aromatic rings. The highest BCUT2D eigenvalue weighted by Gasteiger charge is 2.73. The van der Waals surface area contributed by atoms with Gasteiger partial charge in [0.05, 0.1) is 13.2 Å². The Morgan fingerprint density at radius 1 is 1.04 bits per heavy atom.